The van der Waals surface area contributed by atoms with Crippen LogP contribution in [-0.2, 0) is 10.0 Å². The first kappa shape index (κ1) is 43.7. The van der Waals surface area contributed by atoms with E-state index in [4.69, 9.17) is 4.74 Å². The smallest absolute Gasteiger partial charge is 0.293 e. The lowest BCUT2D eigenvalue weighted by atomic mass is 9.59. The second-order valence-electron chi connectivity index (χ2n) is 19.1. The minimum absolute atomic E-state index is 0.0439. The summed E-state index contributed by atoms with van der Waals surface area (Å²) in [6.45, 7) is 9.55. The monoisotopic (exact) mass is 890 g/mol. The Morgan fingerprint density at radius 2 is 1.77 bits per heavy atom. The standard InChI is InChI=1S/C48H58N8O7S/c1-31(2)38-7-4-5-8-39(38)41-9-6-20-55(41)35-26-48(27-35)17-21-54(22-18-48)34-24-43(63-36-23-33-14-19-49-45(33)52-30-36)44(51-29-34)46(57)53-64(61,62)37-10-11-40(42(25-37)56(59)60)50-28-32-12-15-47(3,58)16-13-32/h4-5,7-8,10-11,14,19,23-25,29-32,35,41,50,58H,6,9,12-13,15-18,20-22,26-28H2,1-3H3,(H,49,52)(H,53,57)/t32?,41-,47?/m0/s1. The third kappa shape index (κ3) is 9.04. The number of aromatic amines is 1. The third-order valence-corrected chi connectivity index (χ3v) is 15.7. The molecule has 5 heterocycles. The van der Waals surface area contributed by atoms with Crippen molar-refractivity contribution in [1.82, 2.24) is 24.6 Å². The Labute approximate surface area is 374 Å². The zero-order chi connectivity index (χ0) is 44.8. The Bertz CT molecular complexity index is 2640. The number of rotatable bonds is 13. The van der Waals surface area contributed by atoms with Gasteiger partial charge in [0.05, 0.1) is 33.5 Å². The second-order valence-corrected chi connectivity index (χ2v) is 20.8. The van der Waals surface area contributed by atoms with Crippen molar-refractivity contribution in [2.24, 2.45) is 11.3 Å². The Balaban J connectivity index is 0.895. The number of pyridine rings is 2. The van der Waals surface area contributed by atoms with Crippen LogP contribution in [-0.4, -0.2) is 82.0 Å². The first-order chi connectivity index (χ1) is 30.7. The number of carbonyl (C=O) groups excluding carboxylic acids is 1. The molecule has 1 spiro atoms. The minimum atomic E-state index is -4.60. The molecule has 5 aromatic rings. The van der Waals surface area contributed by atoms with E-state index in [-0.39, 0.29) is 28.5 Å². The molecule has 2 saturated heterocycles. The van der Waals surface area contributed by atoms with Crippen LogP contribution in [0, 0.1) is 21.4 Å². The SMILES string of the molecule is CC(C)c1ccccc1[C@@H]1CCCN1C1CC2(CCN(c3cnc(C(=O)NS(=O)(=O)c4ccc(NCC5CCC(C)(O)CC5)c([N+](=O)[O-])c4)c(Oc4cnc5[nH]ccc5c4)c3)CC2)C1. The Morgan fingerprint density at radius 3 is 2.52 bits per heavy atom. The highest BCUT2D eigenvalue weighted by Crippen LogP contribution is 2.54. The predicted molar refractivity (Wildman–Crippen MR) is 245 cm³/mol. The molecule has 338 valence electrons. The highest BCUT2D eigenvalue weighted by Gasteiger charge is 2.50. The normalized spacial score (nSPS) is 22.7. The van der Waals surface area contributed by atoms with E-state index in [1.165, 1.54) is 55.1 Å². The lowest BCUT2D eigenvalue weighted by Crippen LogP contribution is -2.55. The van der Waals surface area contributed by atoms with Gasteiger partial charge in [-0.15, -0.1) is 0 Å². The largest absolute Gasteiger partial charge is 0.453 e. The first-order valence-electron chi connectivity index (χ1n) is 22.7. The Morgan fingerprint density at radius 1 is 1.00 bits per heavy atom. The maximum atomic E-state index is 13.9. The van der Waals surface area contributed by atoms with Crippen LogP contribution in [0.1, 0.15) is 119 Å². The van der Waals surface area contributed by atoms with E-state index < -0.39 is 37.0 Å². The Kier molecular flexibility index (Phi) is 11.9. The fourth-order valence-corrected chi connectivity index (χ4v) is 11.6. The van der Waals surface area contributed by atoms with E-state index >= 15 is 0 Å². The minimum Gasteiger partial charge on any atom is -0.453 e. The number of piperidine rings is 1. The van der Waals surface area contributed by atoms with Gasteiger partial charge in [-0.3, -0.25) is 19.8 Å². The lowest BCUT2D eigenvalue weighted by molar-refractivity contribution is -0.384. The molecule has 4 aliphatic rings. The van der Waals surface area contributed by atoms with Crippen LogP contribution >= 0.6 is 0 Å². The average Bonchev–Trinajstić information content (AvgIpc) is 3.95. The van der Waals surface area contributed by atoms with Crippen LogP contribution in [0.3, 0.4) is 0 Å². The van der Waals surface area contributed by atoms with Crippen LogP contribution in [0.4, 0.5) is 17.1 Å². The van der Waals surface area contributed by atoms with Crippen molar-refractivity contribution in [3.05, 3.63) is 106 Å². The van der Waals surface area contributed by atoms with Gasteiger partial charge in [0.2, 0.25) is 0 Å². The number of benzene rings is 2. The predicted octanol–water partition coefficient (Wildman–Crippen LogP) is 8.84. The van der Waals surface area contributed by atoms with Crippen molar-refractivity contribution >= 4 is 44.0 Å². The van der Waals surface area contributed by atoms with Crippen LogP contribution in [0.15, 0.2) is 84.1 Å². The number of ether oxygens (including phenoxy) is 1. The molecular weight excluding hydrogens is 833 g/mol. The number of anilines is 2. The number of nitrogens with one attached hydrogen (secondary N) is 3. The van der Waals surface area contributed by atoms with Gasteiger partial charge < -0.3 is 25.0 Å². The van der Waals surface area contributed by atoms with E-state index in [2.05, 4.69) is 72.9 Å². The number of hydrogen-bond donors (Lipinski definition) is 4. The fourth-order valence-electron chi connectivity index (χ4n) is 10.6. The van der Waals surface area contributed by atoms with Crippen molar-refractivity contribution in [2.75, 3.05) is 36.4 Å². The average molecular weight is 891 g/mol. The third-order valence-electron chi connectivity index (χ3n) is 14.4. The van der Waals surface area contributed by atoms with Gasteiger partial charge in [0.15, 0.2) is 11.4 Å². The van der Waals surface area contributed by atoms with Crippen LogP contribution in [0.25, 0.3) is 11.0 Å². The molecule has 4 fully saturated rings. The number of nitrogens with zero attached hydrogens (tertiary/aromatic N) is 5. The van der Waals surface area contributed by atoms with E-state index in [0.29, 0.717) is 48.8 Å². The molecule has 1 atom stereocenters. The first-order valence-corrected chi connectivity index (χ1v) is 24.2. The summed E-state index contributed by atoms with van der Waals surface area (Å²) in [7, 11) is -4.60. The zero-order valence-electron chi connectivity index (χ0n) is 36.8. The number of sulfonamides is 1. The molecule has 2 aliphatic carbocycles. The molecule has 0 bridgehead atoms. The van der Waals surface area contributed by atoms with Gasteiger partial charge in [-0.1, -0.05) is 38.1 Å². The summed E-state index contributed by atoms with van der Waals surface area (Å²) in [5, 5.41) is 26.3. The van der Waals surface area contributed by atoms with Gasteiger partial charge in [-0.2, -0.15) is 0 Å². The molecule has 9 rings (SSSR count). The number of nitro benzene ring substituents is 1. The highest BCUT2D eigenvalue weighted by molar-refractivity contribution is 7.90. The van der Waals surface area contributed by atoms with Crippen molar-refractivity contribution in [2.45, 2.75) is 113 Å². The van der Waals surface area contributed by atoms with Gasteiger partial charge in [0.1, 0.15) is 17.1 Å². The molecule has 3 aromatic heterocycles. The summed E-state index contributed by atoms with van der Waals surface area (Å²) in [6, 6.07) is 18.8. The van der Waals surface area contributed by atoms with E-state index in [9.17, 15) is 28.4 Å². The van der Waals surface area contributed by atoms with Gasteiger partial charge in [0.25, 0.3) is 21.6 Å². The lowest BCUT2D eigenvalue weighted by Gasteiger charge is -2.56. The molecule has 2 aliphatic heterocycles. The zero-order valence-corrected chi connectivity index (χ0v) is 37.6. The number of nitro groups is 1. The molecule has 0 unspecified atom stereocenters. The highest BCUT2D eigenvalue weighted by atomic mass is 32.2. The number of carbonyl (C=O) groups is 1. The van der Waals surface area contributed by atoms with E-state index in [1.54, 1.807) is 24.5 Å². The summed E-state index contributed by atoms with van der Waals surface area (Å²) in [5.74, 6) is 0.0112. The van der Waals surface area contributed by atoms with Crippen LogP contribution < -0.4 is 19.7 Å². The molecule has 2 aromatic carbocycles. The topological polar surface area (TPSA) is 196 Å². The van der Waals surface area contributed by atoms with Crippen molar-refractivity contribution < 1.29 is 28.0 Å². The fraction of sp³-hybridized carbons (Fsp3) is 0.479. The summed E-state index contributed by atoms with van der Waals surface area (Å²) in [4.78, 5) is 41.9. The summed E-state index contributed by atoms with van der Waals surface area (Å²) < 4.78 is 35.8. The van der Waals surface area contributed by atoms with Crippen LogP contribution in [0.5, 0.6) is 11.5 Å². The summed E-state index contributed by atoms with van der Waals surface area (Å²) >= 11 is 0. The number of H-pyrrole nitrogens is 1. The number of amides is 1. The van der Waals surface area contributed by atoms with Crippen molar-refractivity contribution in [3.63, 3.8) is 0 Å². The molecule has 2 saturated carbocycles. The number of hydrogen-bond acceptors (Lipinski definition) is 12. The van der Waals surface area contributed by atoms with Crippen molar-refractivity contribution in [1.29, 1.82) is 0 Å². The molecule has 64 heavy (non-hydrogen) atoms. The number of likely N-dealkylation sites (tertiary alicyclic amines) is 1. The molecular formula is C48H58N8O7S. The van der Waals surface area contributed by atoms with E-state index in [0.717, 1.165) is 62.5 Å². The quantitative estimate of drug-likeness (QED) is 0.0649. The summed E-state index contributed by atoms with van der Waals surface area (Å²) in [6.07, 6.45) is 14.5. The summed E-state index contributed by atoms with van der Waals surface area (Å²) in [5.41, 5.74) is 3.38. The Hall–Kier alpha value is -5.58. The molecule has 16 heteroatoms. The van der Waals surface area contributed by atoms with Crippen molar-refractivity contribution in [3.8, 4) is 11.5 Å². The van der Waals surface area contributed by atoms with Gasteiger partial charge in [-0.05, 0) is 130 Å². The van der Waals surface area contributed by atoms with Gasteiger partial charge >= 0.3 is 0 Å². The molecule has 4 N–H and O–H groups in total. The number of aromatic nitrogens is 3. The number of aliphatic hydroxyl groups is 1. The van der Waals surface area contributed by atoms with Gasteiger partial charge in [0, 0.05) is 55.4 Å². The second kappa shape index (κ2) is 17.4. The molecule has 0 radical (unpaired) electrons. The maximum Gasteiger partial charge on any atom is 0.293 e. The maximum absolute atomic E-state index is 13.9. The molecule has 15 nitrogen and oxygen atoms in total. The molecule has 1 amide bonds. The van der Waals surface area contributed by atoms with Gasteiger partial charge in [-0.25, -0.2) is 23.1 Å². The van der Waals surface area contributed by atoms with Crippen LogP contribution in [0.2, 0.25) is 0 Å². The van der Waals surface area contributed by atoms with E-state index in [1.807, 2.05) is 13.0 Å². The number of fused-ring (bicyclic) bond motifs is 1.